The molecule has 0 atom stereocenters. The van der Waals surface area contributed by atoms with Crippen molar-refractivity contribution in [3.05, 3.63) is 36.2 Å². The fraction of sp³-hybridized carbons (Fsp3) is 0.368. The molecule has 0 radical (unpaired) electrons. The Kier molecular flexibility index (Phi) is 5.24. The normalized spacial score (nSPS) is 15.9. The SMILES string of the molecule is CN=CN=C(CCc1[nH]nc2ccc(-c3ccn[nH]3)cc12)N1CCOCC1. The topological polar surface area (TPSA) is 94.5 Å². The molecule has 1 fully saturated rings. The Labute approximate surface area is 157 Å². The zero-order valence-electron chi connectivity index (χ0n) is 15.4. The third-order valence-electron chi connectivity index (χ3n) is 4.74. The van der Waals surface area contributed by atoms with Crippen molar-refractivity contribution in [1.29, 1.82) is 0 Å². The van der Waals surface area contributed by atoms with E-state index in [1.54, 1.807) is 19.6 Å². The van der Waals surface area contributed by atoms with E-state index in [4.69, 9.17) is 4.74 Å². The summed E-state index contributed by atoms with van der Waals surface area (Å²) in [6, 6.07) is 8.21. The first-order valence-corrected chi connectivity index (χ1v) is 9.12. The summed E-state index contributed by atoms with van der Waals surface area (Å²) >= 11 is 0. The van der Waals surface area contributed by atoms with Crippen LogP contribution in [0.1, 0.15) is 12.1 Å². The van der Waals surface area contributed by atoms with Crippen molar-refractivity contribution in [2.24, 2.45) is 9.98 Å². The summed E-state index contributed by atoms with van der Waals surface area (Å²) in [5.41, 5.74) is 4.18. The van der Waals surface area contributed by atoms with E-state index in [-0.39, 0.29) is 0 Å². The van der Waals surface area contributed by atoms with E-state index in [2.05, 4.69) is 47.4 Å². The molecule has 2 N–H and O–H groups in total. The number of aliphatic imine (C=N–C) groups is 2. The minimum Gasteiger partial charge on any atom is -0.378 e. The van der Waals surface area contributed by atoms with Crippen LogP contribution in [-0.2, 0) is 11.2 Å². The number of H-pyrrole nitrogens is 2. The second-order valence-corrected chi connectivity index (χ2v) is 6.42. The number of nitrogens with one attached hydrogen (secondary N) is 2. The van der Waals surface area contributed by atoms with E-state index in [1.165, 1.54) is 0 Å². The van der Waals surface area contributed by atoms with Gasteiger partial charge in [-0.15, -0.1) is 0 Å². The van der Waals surface area contributed by atoms with Gasteiger partial charge in [-0.05, 0) is 24.6 Å². The number of hydrogen-bond donors (Lipinski definition) is 2. The molecule has 4 rings (SSSR count). The van der Waals surface area contributed by atoms with Gasteiger partial charge < -0.3 is 9.64 Å². The molecule has 1 aliphatic rings. The number of fused-ring (bicyclic) bond motifs is 1. The Morgan fingerprint density at radius 3 is 2.93 bits per heavy atom. The average Bonchev–Trinajstić information content (AvgIpc) is 3.38. The number of rotatable bonds is 5. The Morgan fingerprint density at radius 2 is 2.15 bits per heavy atom. The van der Waals surface area contributed by atoms with Gasteiger partial charge in [0.15, 0.2) is 0 Å². The molecule has 140 valence electrons. The highest BCUT2D eigenvalue weighted by Crippen LogP contribution is 2.24. The number of benzene rings is 1. The van der Waals surface area contributed by atoms with Crippen molar-refractivity contribution in [2.75, 3.05) is 33.4 Å². The van der Waals surface area contributed by atoms with E-state index in [1.807, 2.05) is 12.1 Å². The summed E-state index contributed by atoms with van der Waals surface area (Å²) in [5.74, 6) is 1.04. The quantitative estimate of drug-likeness (QED) is 0.536. The summed E-state index contributed by atoms with van der Waals surface area (Å²) in [7, 11) is 1.74. The van der Waals surface area contributed by atoms with E-state index < -0.39 is 0 Å². The first-order chi connectivity index (χ1) is 13.3. The second-order valence-electron chi connectivity index (χ2n) is 6.42. The van der Waals surface area contributed by atoms with Gasteiger partial charge in [-0.2, -0.15) is 10.2 Å². The van der Waals surface area contributed by atoms with Gasteiger partial charge in [0.05, 0.1) is 24.4 Å². The molecule has 1 saturated heterocycles. The number of aryl methyl sites for hydroxylation is 1. The van der Waals surface area contributed by atoms with Crippen LogP contribution in [0, 0.1) is 0 Å². The molecule has 3 aromatic rings. The highest BCUT2D eigenvalue weighted by atomic mass is 16.5. The summed E-state index contributed by atoms with van der Waals surface area (Å²) < 4.78 is 5.46. The summed E-state index contributed by atoms with van der Waals surface area (Å²) in [5, 5.41) is 15.8. The largest absolute Gasteiger partial charge is 0.378 e. The molecule has 1 aromatic carbocycles. The third kappa shape index (κ3) is 3.90. The molecule has 0 aliphatic carbocycles. The lowest BCUT2D eigenvalue weighted by molar-refractivity contribution is 0.0672. The van der Waals surface area contributed by atoms with Crippen LogP contribution < -0.4 is 0 Å². The van der Waals surface area contributed by atoms with Crippen molar-refractivity contribution >= 4 is 23.1 Å². The van der Waals surface area contributed by atoms with Crippen LogP contribution in [0.15, 0.2) is 40.4 Å². The van der Waals surface area contributed by atoms with Gasteiger partial charge in [-0.1, -0.05) is 6.07 Å². The maximum atomic E-state index is 5.46. The van der Waals surface area contributed by atoms with Gasteiger partial charge in [-0.3, -0.25) is 15.2 Å². The van der Waals surface area contributed by atoms with Gasteiger partial charge in [-0.25, -0.2) is 4.99 Å². The van der Waals surface area contributed by atoms with Crippen molar-refractivity contribution in [3.8, 4) is 11.3 Å². The van der Waals surface area contributed by atoms with Gasteiger partial charge in [0.25, 0.3) is 0 Å². The van der Waals surface area contributed by atoms with Crippen molar-refractivity contribution in [3.63, 3.8) is 0 Å². The summed E-state index contributed by atoms with van der Waals surface area (Å²) in [6.45, 7) is 3.21. The average molecular weight is 365 g/mol. The lowest BCUT2D eigenvalue weighted by Gasteiger charge is -2.29. The smallest absolute Gasteiger partial charge is 0.111 e. The lowest BCUT2D eigenvalue weighted by Crippen LogP contribution is -2.41. The Bertz CT molecular complexity index is 936. The number of morpholine rings is 1. The number of hydrogen-bond acceptors (Lipinski definition) is 4. The van der Waals surface area contributed by atoms with Crippen molar-refractivity contribution in [1.82, 2.24) is 25.3 Å². The third-order valence-corrected chi connectivity index (χ3v) is 4.74. The molecule has 0 saturated carbocycles. The van der Waals surface area contributed by atoms with E-state index >= 15 is 0 Å². The van der Waals surface area contributed by atoms with Gasteiger partial charge in [0, 0.05) is 49.4 Å². The molecule has 0 amide bonds. The Morgan fingerprint density at radius 1 is 1.26 bits per heavy atom. The summed E-state index contributed by atoms with van der Waals surface area (Å²) in [6.07, 6.45) is 5.02. The Hall–Kier alpha value is -3.00. The fourth-order valence-corrected chi connectivity index (χ4v) is 3.32. The first-order valence-electron chi connectivity index (χ1n) is 9.12. The van der Waals surface area contributed by atoms with Gasteiger partial charge in [0.1, 0.15) is 12.2 Å². The van der Waals surface area contributed by atoms with Gasteiger partial charge in [0.2, 0.25) is 0 Å². The van der Waals surface area contributed by atoms with Crippen LogP contribution in [0.3, 0.4) is 0 Å². The molecule has 27 heavy (non-hydrogen) atoms. The highest BCUT2D eigenvalue weighted by molar-refractivity contribution is 5.90. The molecule has 8 heteroatoms. The standard InChI is InChI=1S/C19H23N7O/c1-20-13-21-19(26-8-10-27-11-9-26)5-4-18-15-12-14(16-6-7-22-23-16)2-3-17(15)24-25-18/h2-3,6-7,12-13H,4-5,8-11H2,1H3,(H,22,23)(H,24,25). The monoisotopic (exact) mass is 365 g/mol. The van der Waals surface area contributed by atoms with Crippen LogP contribution in [0.4, 0.5) is 0 Å². The summed E-state index contributed by atoms with van der Waals surface area (Å²) in [4.78, 5) is 10.8. The zero-order chi connectivity index (χ0) is 18.5. The molecule has 0 bridgehead atoms. The molecule has 1 aliphatic heterocycles. The van der Waals surface area contributed by atoms with E-state index in [0.717, 1.165) is 72.8 Å². The van der Waals surface area contributed by atoms with Crippen LogP contribution in [0.2, 0.25) is 0 Å². The second kappa shape index (κ2) is 8.13. The number of aromatic nitrogens is 4. The van der Waals surface area contributed by atoms with Crippen molar-refractivity contribution < 1.29 is 4.74 Å². The number of nitrogens with zero attached hydrogens (tertiary/aromatic N) is 5. The predicted molar refractivity (Wildman–Crippen MR) is 106 cm³/mol. The predicted octanol–water partition coefficient (Wildman–Crippen LogP) is 2.27. The van der Waals surface area contributed by atoms with E-state index in [0.29, 0.717) is 0 Å². The molecular formula is C19H23N7O. The van der Waals surface area contributed by atoms with Crippen LogP contribution in [0.5, 0.6) is 0 Å². The maximum absolute atomic E-state index is 5.46. The fourth-order valence-electron chi connectivity index (χ4n) is 3.32. The van der Waals surface area contributed by atoms with Crippen molar-refractivity contribution in [2.45, 2.75) is 12.8 Å². The van der Waals surface area contributed by atoms with Crippen LogP contribution >= 0.6 is 0 Å². The first kappa shape index (κ1) is 17.4. The molecule has 0 unspecified atom stereocenters. The minimum atomic E-state index is 0.739. The lowest BCUT2D eigenvalue weighted by atomic mass is 10.1. The molecular weight excluding hydrogens is 342 g/mol. The molecule has 0 spiro atoms. The maximum Gasteiger partial charge on any atom is 0.111 e. The molecule has 8 nitrogen and oxygen atoms in total. The number of amidine groups is 1. The van der Waals surface area contributed by atoms with Crippen LogP contribution in [-0.4, -0.2) is 70.8 Å². The Balaban J connectivity index is 1.55. The van der Waals surface area contributed by atoms with E-state index in [9.17, 15) is 0 Å². The van der Waals surface area contributed by atoms with Gasteiger partial charge >= 0.3 is 0 Å². The minimum absolute atomic E-state index is 0.739. The molecule has 3 heterocycles. The molecule has 2 aromatic heterocycles. The highest BCUT2D eigenvalue weighted by Gasteiger charge is 2.16. The number of ether oxygens (including phenoxy) is 1. The number of aromatic amines is 2. The zero-order valence-corrected chi connectivity index (χ0v) is 15.4. The van der Waals surface area contributed by atoms with Crippen LogP contribution in [0.25, 0.3) is 22.2 Å².